The zero-order valence-corrected chi connectivity index (χ0v) is 14.3. The van der Waals surface area contributed by atoms with Crippen molar-refractivity contribution in [3.8, 4) is 0 Å². The lowest BCUT2D eigenvalue weighted by molar-refractivity contribution is -0.340. The first-order valence-corrected chi connectivity index (χ1v) is 7.75. The number of fused-ring (bicyclic) bond motifs is 2. The Bertz CT molecular complexity index is 483. The molecule has 0 saturated carbocycles. The molecule has 0 aromatic carbocycles. The van der Waals surface area contributed by atoms with Crippen LogP contribution >= 0.6 is 0 Å². The number of ether oxygens (including phenoxy) is 2. The van der Waals surface area contributed by atoms with E-state index < -0.39 is 36.2 Å². The summed E-state index contributed by atoms with van der Waals surface area (Å²) < 4.78 is 86.0. The number of methoxy groups -OCH3 is 1. The summed E-state index contributed by atoms with van der Waals surface area (Å²) in [7, 11) is 1.33. The fraction of sp³-hybridized carbons (Fsp3) is 0.812. The predicted molar refractivity (Wildman–Crippen MR) is 77.7 cm³/mol. The summed E-state index contributed by atoms with van der Waals surface area (Å²) in [6.45, 7) is 5.20. The summed E-state index contributed by atoms with van der Waals surface area (Å²) in [5, 5.41) is 0. The van der Waals surface area contributed by atoms with Crippen molar-refractivity contribution in [2.45, 2.75) is 64.1 Å². The molecule has 2 saturated heterocycles. The minimum atomic E-state index is -5.28. The van der Waals surface area contributed by atoms with Gasteiger partial charge in [0.15, 0.2) is 5.41 Å². The summed E-state index contributed by atoms with van der Waals surface area (Å²) in [6, 6.07) is 0. The molecule has 25 heavy (non-hydrogen) atoms. The lowest BCUT2D eigenvalue weighted by Gasteiger charge is -2.37. The van der Waals surface area contributed by atoms with Crippen molar-refractivity contribution >= 4 is 5.97 Å². The van der Waals surface area contributed by atoms with Gasteiger partial charge in [-0.3, -0.25) is 0 Å². The van der Waals surface area contributed by atoms with Crippen molar-refractivity contribution in [2.24, 2.45) is 11.3 Å². The van der Waals surface area contributed by atoms with E-state index in [4.69, 9.17) is 4.74 Å². The number of carbonyl (C=O) groups is 1. The third-order valence-corrected chi connectivity index (χ3v) is 4.69. The first-order chi connectivity index (χ1) is 11.2. The van der Waals surface area contributed by atoms with Crippen molar-refractivity contribution in [3.63, 3.8) is 0 Å². The normalized spacial score (nSPS) is 26.0. The summed E-state index contributed by atoms with van der Waals surface area (Å²) in [4.78, 5) is 10.2. The highest BCUT2D eigenvalue weighted by Gasteiger charge is 2.68. The minimum Gasteiger partial charge on any atom is -0.466 e. The number of hydrogen-bond acceptors (Lipinski definition) is 3. The molecular formula is C16H22F6O3. The quantitative estimate of drug-likeness (QED) is 0.403. The van der Waals surface area contributed by atoms with Crippen molar-refractivity contribution in [1.82, 2.24) is 0 Å². The Balaban J connectivity index is 0.000000381. The van der Waals surface area contributed by atoms with Gasteiger partial charge in [-0.1, -0.05) is 6.58 Å². The second-order valence-corrected chi connectivity index (χ2v) is 6.67. The number of alkyl halides is 6. The molecule has 9 heteroatoms. The smallest absolute Gasteiger partial charge is 0.402 e. The molecule has 0 aromatic rings. The zero-order chi connectivity index (χ0) is 19.6. The van der Waals surface area contributed by atoms with Gasteiger partial charge in [0, 0.05) is 5.57 Å². The van der Waals surface area contributed by atoms with Gasteiger partial charge in [0.05, 0.1) is 19.3 Å². The zero-order valence-electron chi connectivity index (χ0n) is 14.3. The van der Waals surface area contributed by atoms with Crippen molar-refractivity contribution < 1.29 is 40.6 Å². The van der Waals surface area contributed by atoms with Crippen molar-refractivity contribution in [1.29, 1.82) is 0 Å². The lowest BCUT2D eigenvalue weighted by Crippen LogP contribution is -2.49. The number of hydrogen-bond donors (Lipinski definition) is 0. The predicted octanol–water partition coefficient (Wildman–Crippen LogP) is 4.81. The maximum atomic E-state index is 12.7. The molecule has 3 nitrogen and oxygen atoms in total. The van der Waals surface area contributed by atoms with E-state index in [0.717, 1.165) is 6.42 Å². The minimum absolute atomic E-state index is 0.147. The Kier molecular flexibility index (Phi) is 6.58. The Morgan fingerprint density at radius 3 is 1.92 bits per heavy atom. The van der Waals surface area contributed by atoms with Gasteiger partial charge >= 0.3 is 18.3 Å². The van der Waals surface area contributed by atoms with Gasteiger partial charge in [0.25, 0.3) is 0 Å². The van der Waals surface area contributed by atoms with Gasteiger partial charge in [0.1, 0.15) is 0 Å². The van der Waals surface area contributed by atoms with Gasteiger partial charge in [-0.2, -0.15) is 26.3 Å². The third-order valence-electron chi connectivity index (χ3n) is 4.69. The Labute approximate surface area is 142 Å². The van der Waals surface area contributed by atoms with E-state index in [0.29, 0.717) is 18.4 Å². The van der Waals surface area contributed by atoms with Crippen LogP contribution in [-0.4, -0.2) is 37.6 Å². The molecule has 0 aromatic heterocycles. The van der Waals surface area contributed by atoms with Crippen LogP contribution in [0.2, 0.25) is 0 Å². The monoisotopic (exact) mass is 376 g/mol. The molecule has 2 rings (SSSR count). The highest BCUT2D eigenvalue weighted by atomic mass is 19.4. The van der Waals surface area contributed by atoms with Crippen LogP contribution in [0.4, 0.5) is 26.3 Å². The molecule has 2 aliphatic rings. The number of carbonyl (C=O) groups excluding carboxylic acids is 1. The molecule has 0 radical (unpaired) electrons. The van der Waals surface area contributed by atoms with Crippen molar-refractivity contribution in [3.05, 3.63) is 12.2 Å². The number of esters is 1. The molecule has 0 N–H and O–H groups in total. The molecular weight excluding hydrogens is 354 g/mol. The fourth-order valence-electron chi connectivity index (χ4n) is 3.05. The average Bonchev–Trinajstić information content (AvgIpc) is 3.07. The molecule has 3 atom stereocenters. The second-order valence-electron chi connectivity index (χ2n) is 6.67. The molecule has 3 unspecified atom stereocenters. The topological polar surface area (TPSA) is 35.5 Å². The highest BCUT2D eigenvalue weighted by Crippen LogP contribution is 2.56. The van der Waals surface area contributed by atoms with Crippen LogP contribution in [0.25, 0.3) is 0 Å². The Morgan fingerprint density at radius 2 is 1.68 bits per heavy atom. The standard InChI is InChI=1S/C11H14F6O.C5H8O2/c1-9(10(12,13)14,11(15,16)17)5-6-4-7-2-3-8(6)18-7;1-4(2)5(6)7-3/h6-8H,2-5H2,1H3;1H2,2-3H3. The third kappa shape index (κ3) is 4.89. The molecule has 2 fully saturated rings. The summed E-state index contributed by atoms with van der Waals surface area (Å²) in [6.07, 6.45) is -10.4. The molecule has 0 spiro atoms. The van der Waals surface area contributed by atoms with Gasteiger partial charge in [0.2, 0.25) is 0 Å². The lowest BCUT2D eigenvalue weighted by atomic mass is 9.74. The first-order valence-electron chi connectivity index (χ1n) is 7.75. The van der Waals surface area contributed by atoms with E-state index >= 15 is 0 Å². The van der Waals surface area contributed by atoms with E-state index in [1.807, 2.05) is 0 Å². The Hall–Kier alpha value is -1.25. The summed E-state index contributed by atoms with van der Waals surface area (Å²) in [5.41, 5.74) is -3.21. The van der Waals surface area contributed by atoms with Gasteiger partial charge in [-0.05, 0) is 45.4 Å². The van der Waals surface area contributed by atoms with Crippen LogP contribution in [0.1, 0.15) is 39.5 Å². The first kappa shape index (κ1) is 21.8. The number of halogens is 6. The summed E-state index contributed by atoms with van der Waals surface area (Å²) >= 11 is 0. The maximum Gasteiger partial charge on any atom is 0.402 e. The fourth-order valence-corrected chi connectivity index (χ4v) is 3.05. The van der Waals surface area contributed by atoms with Crippen LogP contribution in [0.15, 0.2) is 12.2 Å². The summed E-state index contributed by atoms with van der Waals surface area (Å²) in [5.74, 6) is -0.989. The average molecular weight is 376 g/mol. The molecule has 0 aliphatic carbocycles. The maximum absolute atomic E-state index is 12.7. The van der Waals surface area contributed by atoms with E-state index in [1.54, 1.807) is 6.92 Å². The molecule has 0 amide bonds. The van der Waals surface area contributed by atoms with Crippen molar-refractivity contribution in [2.75, 3.05) is 7.11 Å². The van der Waals surface area contributed by atoms with E-state index in [9.17, 15) is 31.1 Å². The molecule has 146 valence electrons. The number of rotatable bonds is 3. The van der Waals surface area contributed by atoms with Crippen LogP contribution in [-0.2, 0) is 14.3 Å². The SMILES string of the molecule is C=C(C)C(=O)OC.CC(CC1CC2CCC1O2)(C(F)(F)F)C(F)(F)F. The van der Waals surface area contributed by atoms with E-state index in [-0.39, 0.29) is 19.0 Å². The Morgan fingerprint density at radius 1 is 1.16 bits per heavy atom. The largest absolute Gasteiger partial charge is 0.466 e. The van der Waals surface area contributed by atoms with Gasteiger partial charge < -0.3 is 9.47 Å². The van der Waals surface area contributed by atoms with Crippen LogP contribution < -0.4 is 0 Å². The van der Waals surface area contributed by atoms with Crippen LogP contribution in [0, 0.1) is 11.3 Å². The second kappa shape index (κ2) is 7.55. The van der Waals surface area contributed by atoms with Crippen LogP contribution in [0.5, 0.6) is 0 Å². The highest BCUT2D eigenvalue weighted by molar-refractivity contribution is 5.86. The van der Waals surface area contributed by atoms with E-state index in [2.05, 4.69) is 11.3 Å². The van der Waals surface area contributed by atoms with Gasteiger partial charge in [-0.15, -0.1) is 0 Å². The van der Waals surface area contributed by atoms with Gasteiger partial charge in [-0.25, -0.2) is 4.79 Å². The van der Waals surface area contributed by atoms with Crippen LogP contribution in [0.3, 0.4) is 0 Å². The van der Waals surface area contributed by atoms with E-state index in [1.165, 1.54) is 7.11 Å². The molecule has 2 bridgehead atoms. The molecule has 2 aliphatic heterocycles. The molecule has 2 heterocycles.